The zero-order valence-electron chi connectivity index (χ0n) is 11.6. The maximum Gasteiger partial charge on any atom is 0.264 e. The Hall–Kier alpha value is -1.50. The highest BCUT2D eigenvalue weighted by atomic mass is 32.2. The zero-order chi connectivity index (χ0) is 15.3. The summed E-state index contributed by atoms with van der Waals surface area (Å²) in [5.74, 6) is -0.132. The molecule has 1 heterocycles. The normalized spacial score (nSPS) is 12.3. The second kappa shape index (κ2) is 6.98. The average Bonchev–Trinajstić information content (AvgIpc) is 2.44. The van der Waals surface area contributed by atoms with E-state index in [1.807, 2.05) is 11.8 Å². The van der Waals surface area contributed by atoms with Crippen molar-refractivity contribution in [3.8, 4) is 0 Å². The maximum absolute atomic E-state index is 9.79. The Bertz CT molecular complexity index is 627. The fraction of sp³-hybridized carbons (Fsp3) is 0.200. The van der Waals surface area contributed by atoms with Gasteiger partial charge < -0.3 is 5.32 Å². The van der Waals surface area contributed by atoms with Crippen LogP contribution in [-0.4, -0.2) is 18.7 Å². The molecule has 2 aromatic rings. The molecule has 0 saturated carbocycles. The Balaban J connectivity index is 0.000000199. The summed E-state index contributed by atoms with van der Waals surface area (Å²) < 4.78 is 27.6. The molecule has 2 N–H and O–H groups in total. The van der Waals surface area contributed by atoms with Gasteiger partial charge in [-0.15, -0.1) is 0 Å². The van der Waals surface area contributed by atoms with Crippen molar-refractivity contribution in [1.82, 2.24) is 0 Å². The van der Waals surface area contributed by atoms with E-state index in [0.29, 0.717) is 6.42 Å². The van der Waals surface area contributed by atoms with Crippen LogP contribution in [0.2, 0.25) is 0 Å². The molecule has 4 nitrogen and oxygen atoms in total. The van der Waals surface area contributed by atoms with E-state index in [2.05, 4.69) is 53.8 Å². The van der Waals surface area contributed by atoms with Crippen LogP contribution < -0.4 is 5.32 Å². The van der Waals surface area contributed by atoms with Crippen molar-refractivity contribution in [2.24, 2.45) is 0 Å². The number of benzene rings is 2. The fourth-order valence-corrected chi connectivity index (χ4v) is 3.34. The lowest BCUT2D eigenvalue weighted by Gasteiger charge is -2.19. The van der Waals surface area contributed by atoms with E-state index in [1.165, 1.54) is 21.2 Å². The smallest absolute Gasteiger partial charge is 0.264 e. The molecule has 1 aliphatic rings. The second-order valence-corrected chi connectivity index (χ2v) is 7.16. The fourth-order valence-electron chi connectivity index (χ4n) is 1.84. The lowest BCUT2D eigenvalue weighted by Crippen LogP contribution is -2.01. The van der Waals surface area contributed by atoms with Crippen molar-refractivity contribution in [3.05, 3.63) is 48.5 Å². The summed E-state index contributed by atoms with van der Waals surface area (Å²) in [4.78, 5) is 2.59. The third-order valence-electron chi connectivity index (χ3n) is 2.73. The molecule has 21 heavy (non-hydrogen) atoms. The van der Waals surface area contributed by atoms with Crippen LogP contribution in [0.5, 0.6) is 0 Å². The molecule has 6 heteroatoms. The molecule has 0 spiro atoms. The molecule has 0 unspecified atom stereocenters. The SMILES string of the molecule is CCCS(=O)(=O)O.c1ccc2c(c1)Nc1ccccc1S2. The minimum absolute atomic E-state index is 0.132. The number of anilines is 2. The molecule has 0 aliphatic carbocycles. The van der Waals surface area contributed by atoms with Crippen LogP contribution in [0.4, 0.5) is 11.4 Å². The van der Waals surface area contributed by atoms with Gasteiger partial charge in [0.2, 0.25) is 0 Å². The van der Waals surface area contributed by atoms with E-state index in [-0.39, 0.29) is 5.75 Å². The summed E-state index contributed by atoms with van der Waals surface area (Å²) in [5.41, 5.74) is 2.41. The van der Waals surface area contributed by atoms with Crippen molar-refractivity contribution in [3.63, 3.8) is 0 Å². The van der Waals surface area contributed by atoms with Gasteiger partial charge in [0.05, 0.1) is 17.1 Å². The molecule has 0 fully saturated rings. The van der Waals surface area contributed by atoms with Gasteiger partial charge in [0, 0.05) is 9.79 Å². The first-order chi connectivity index (χ1) is 9.99. The van der Waals surface area contributed by atoms with Gasteiger partial charge in [-0.1, -0.05) is 43.0 Å². The van der Waals surface area contributed by atoms with Gasteiger partial charge in [-0.05, 0) is 30.7 Å². The lowest BCUT2D eigenvalue weighted by molar-refractivity contribution is 0.482. The van der Waals surface area contributed by atoms with Gasteiger partial charge in [0.1, 0.15) is 0 Å². The highest BCUT2D eigenvalue weighted by molar-refractivity contribution is 7.99. The summed E-state index contributed by atoms with van der Waals surface area (Å²) in [6.07, 6.45) is 0.471. The van der Waals surface area contributed by atoms with Crippen LogP contribution in [0.1, 0.15) is 13.3 Å². The predicted octanol–water partition coefficient (Wildman–Crippen LogP) is 4.18. The molecule has 0 amide bonds. The van der Waals surface area contributed by atoms with Crippen molar-refractivity contribution >= 4 is 33.3 Å². The van der Waals surface area contributed by atoms with Crippen LogP contribution in [-0.2, 0) is 10.1 Å². The first-order valence-corrected chi connectivity index (χ1v) is 9.00. The van der Waals surface area contributed by atoms with E-state index in [0.717, 1.165) is 0 Å². The summed E-state index contributed by atoms with van der Waals surface area (Å²) in [6.45, 7) is 1.69. The van der Waals surface area contributed by atoms with Gasteiger partial charge >= 0.3 is 0 Å². The van der Waals surface area contributed by atoms with Crippen molar-refractivity contribution in [2.75, 3.05) is 11.1 Å². The van der Waals surface area contributed by atoms with Gasteiger partial charge in [-0.3, -0.25) is 4.55 Å². The molecule has 2 aromatic carbocycles. The minimum atomic E-state index is -3.67. The van der Waals surface area contributed by atoms with E-state index in [1.54, 1.807) is 6.92 Å². The molecule has 0 saturated heterocycles. The lowest BCUT2D eigenvalue weighted by atomic mass is 10.2. The maximum atomic E-state index is 9.79. The Labute approximate surface area is 129 Å². The van der Waals surface area contributed by atoms with Crippen LogP contribution in [0, 0.1) is 0 Å². The first-order valence-electron chi connectivity index (χ1n) is 6.57. The highest BCUT2D eigenvalue weighted by Gasteiger charge is 2.13. The molecule has 3 rings (SSSR count). The third kappa shape index (κ3) is 4.77. The second-order valence-electron chi connectivity index (χ2n) is 4.51. The van der Waals surface area contributed by atoms with E-state index >= 15 is 0 Å². The van der Waals surface area contributed by atoms with Crippen molar-refractivity contribution < 1.29 is 13.0 Å². The molecular weight excluding hydrogens is 306 g/mol. The standard InChI is InChI=1S/C12H9NS.C3H8O3S/c1-3-7-11-9(5-1)13-10-6-2-4-8-12(10)14-11;1-2-3-7(4,5)6/h1-8,13H;2-3H2,1H3,(H,4,5,6). The van der Waals surface area contributed by atoms with Crippen molar-refractivity contribution in [2.45, 2.75) is 23.1 Å². The predicted molar refractivity (Wildman–Crippen MR) is 87.0 cm³/mol. The summed E-state index contributed by atoms with van der Waals surface area (Å²) >= 11 is 1.82. The van der Waals surface area contributed by atoms with E-state index in [4.69, 9.17) is 4.55 Å². The number of nitrogens with one attached hydrogen (secondary N) is 1. The van der Waals surface area contributed by atoms with E-state index < -0.39 is 10.1 Å². The minimum Gasteiger partial charge on any atom is -0.354 e. The summed E-state index contributed by atoms with van der Waals surface area (Å²) in [7, 11) is -3.67. The number of hydrogen-bond donors (Lipinski definition) is 2. The Kier molecular flexibility index (Phi) is 5.27. The largest absolute Gasteiger partial charge is 0.354 e. The van der Waals surface area contributed by atoms with Crippen molar-refractivity contribution in [1.29, 1.82) is 0 Å². The van der Waals surface area contributed by atoms with Crippen LogP contribution in [0.15, 0.2) is 58.3 Å². The van der Waals surface area contributed by atoms with Gasteiger partial charge in [-0.25, -0.2) is 0 Å². The topological polar surface area (TPSA) is 66.4 Å². The molecule has 1 aliphatic heterocycles. The molecule has 0 atom stereocenters. The van der Waals surface area contributed by atoms with Crippen LogP contribution >= 0.6 is 11.8 Å². The Morgan fingerprint density at radius 1 is 1.00 bits per heavy atom. The van der Waals surface area contributed by atoms with Crippen LogP contribution in [0.3, 0.4) is 0 Å². The van der Waals surface area contributed by atoms with Gasteiger partial charge in [0.15, 0.2) is 0 Å². The number of rotatable bonds is 2. The number of para-hydroxylation sites is 2. The third-order valence-corrected chi connectivity index (χ3v) is 4.80. The zero-order valence-corrected chi connectivity index (χ0v) is 13.2. The molecule has 112 valence electrons. The van der Waals surface area contributed by atoms with Gasteiger partial charge in [0.25, 0.3) is 10.1 Å². The van der Waals surface area contributed by atoms with E-state index in [9.17, 15) is 8.42 Å². The summed E-state index contributed by atoms with van der Waals surface area (Å²) in [6, 6.07) is 16.8. The summed E-state index contributed by atoms with van der Waals surface area (Å²) in [5, 5.41) is 3.42. The molecule has 0 bridgehead atoms. The molecule has 0 radical (unpaired) electrons. The monoisotopic (exact) mass is 323 g/mol. The number of hydrogen-bond acceptors (Lipinski definition) is 4. The highest BCUT2D eigenvalue weighted by Crippen LogP contribution is 2.43. The van der Waals surface area contributed by atoms with Crippen LogP contribution in [0.25, 0.3) is 0 Å². The molecular formula is C15H17NO3S2. The average molecular weight is 323 g/mol. The van der Waals surface area contributed by atoms with Gasteiger partial charge in [-0.2, -0.15) is 8.42 Å². The number of fused-ring (bicyclic) bond motifs is 2. The quantitative estimate of drug-likeness (QED) is 0.693. The Morgan fingerprint density at radius 2 is 1.48 bits per heavy atom. The Morgan fingerprint density at radius 3 is 1.86 bits per heavy atom. The molecule has 0 aromatic heterocycles. The first kappa shape index (κ1) is 15.9.